The molecule has 0 fully saturated rings. The van der Waals surface area contributed by atoms with E-state index < -0.39 is 11.8 Å². The Hall–Kier alpha value is -2.41. The Labute approximate surface area is 119 Å². The summed E-state index contributed by atoms with van der Waals surface area (Å²) in [6, 6.07) is 8.27. The van der Waals surface area contributed by atoms with Gasteiger partial charge in [0.25, 0.3) is 11.8 Å². The molecule has 6 nitrogen and oxygen atoms in total. The predicted molar refractivity (Wildman–Crippen MR) is 74.8 cm³/mol. The van der Waals surface area contributed by atoms with Gasteiger partial charge in [-0.3, -0.25) is 20.4 Å². The number of hydrazine groups is 1. The number of methoxy groups -OCH3 is 1. The lowest BCUT2D eigenvalue weighted by atomic mass is 10.2. The summed E-state index contributed by atoms with van der Waals surface area (Å²) < 4.78 is 8.98. The van der Waals surface area contributed by atoms with Crippen molar-refractivity contribution in [1.29, 1.82) is 0 Å². The van der Waals surface area contributed by atoms with Gasteiger partial charge in [-0.2, -0.15) is 4.37 Å². The summed E-state index contributed by atoms with van der Waals surface area (Å²) in [4.78, 5) is 24.5. The first-order valence-electron chi connectivity index (χ1n) is 5.78. The molecule has 0 bridgehead atoms. The van der Waals surface area contributed by atoms with Gasteiger partial charge < -0.3 is 4.74 Å². The molecule has 1 aromatic carbocycles. The van der Waals surface area contributed by atoms with Crippen LogP contribution in [0.25, 0.3) is 0 Å². The number of carbonyl (C=O) groups is 2. The Kier molecular flexibility index (Phi) is 4.31. The van der Waals surface area contributed by atoms with E-state index in [1.807, 2.05) is 6.92 Å². The fourth-order valence-corrected chi connectivity index (χ4v) is 2.03. The van der Waals surface area contributed by atoms with Crippen LogP contribution in [0.15, 0.2) is 30.3 Å². The third kappa shape index (κ3) is 3.33. The average molecular weight is 291 g/mol. The van der Waals surface area contributed by atoms with Gasteiger partial charge in [0.1, 0.15) is 11.4 Å². The number of benzene rings is 1. The van der Waals surface area contributed by atoms with E-state index in [9.17, 15) is 9.59 Å². The van der Waals surface area contributed by atoms with Gasteiger partial charge in [0, 0.05) is 10.4 Å². The maximum Gasteiger partial charge on any atom is 0.289 e. The first-order valence-corrected chi connectivity index (χ1v) is 6.55. The normalized spacial score (nSPS) is 9.90. The molecule has 0 aliphatic rings. The second-order valence-electron chi connectivity index (χ2n) is 3.96. The molecule has 0 unspecified atom stereocenters. The van der Waals surface area contributed by atoms with Crippen LogP contribution in [0.4, 0.5) is 0 Å². The molecular formula is C13H13N3O3S. The van der Waals surface area contributed by atoms with Gasteiger partial charge in [-0.05, 0) is 42.7 Å². The number of hydrogen-bond donors (Lipinski definition) is 2. The van der Waals surface area contributed by atoms with Crippen LogP contribution in [0.3, 0.4) is 0 Å². The van der Waals surface area contributed by atoms with Crippen LogP contribution in [-0.4, -0.2) is 23.3 Å². The van der Waals surface area contributed by atoms with Crippen molar-refractivity contribution in [3.05, 3.63) is 46.5 Å². The van der Waals surface area contributed by atoms with Crippen molar-refractivity contribution in [2.45, 2.75) is 6.92 Å². The lowest BCUT2D eigenvalue weighted by molar-refractivity contribution is 0.0844. The van der Waals surface area contributed by atoms with Crippen LogP contribution in [0.1, 0.15) is 25.7 Å². The Balaban J connectivity index is 1.96. The Morgan fingerprint density at radius 1 is 1.20 bits per heavy atom. The maximum absolute atomic E-state index is 11.9. The molecule has 0 aliphatic carbocycles. The lowest BCUT2D eigenvalue weighted by Gasteiger charge is -2.07. The van der Waals surface area contributed by atoms with Crippen molar-refractivity contribution < 1.29 is 14.3 Å². The molecule has 2 N–H and O–H groups in total. The molecule has 0 saturated heterocycles. The quantitative estimate of drug-likeness (QED) is 0.841. The molecule has 1 heterocycles. The van der Waals surface area contributed by atoms with Gasteiger partial charge in [-0.15, -0.1) is 0 Å². The van der Waals surface area contributed by atoms with Crippen molar-refractivity contribution >= 4 is 23.3 Å². The third-order valence-electron chi connectivity index (χ3n) is 2.48. The van der Waals surface area contributed by atoms with E-state index >= 15 is 0 Å². The number of aryl methyl sites for hydroxylation is 1. The smallest absolute Gasteiger partial charge is 0.289 e. The molecule has 0 spiro atoms. The number of nitrogens with one attached hydrogen (secondary N) is 2. The predicted octanol–water partition coefficient (Wildman–Crippen LogP) is 1.53. The average Bonchev–Trinajstić information content (AvgIpc) is 2.91. The minimum Gasteiger partial charge on any atom is -0.497 e. The monoisotopic (exact) mass is 291 g/mol. The standard InChI is InChI=1S/C13H13N3O3S/c1-8-6-11(16-20-8)13(18)15-14-12(17)9-4-3-5-10(7-9)19-2/h3-7H,1-2H3,(H,14,17)(H,15,18). The number of carbonyl (C=O) groups excluding carboxylic acids is 2. The summed E-state index contributed by atoms with van der Waals surface area (Å²) in [5.41, 5.74) is 5.31. The Morgan fingerprint density at radius 3 is 2.60 bits per heavy atom. The lowest BCUT2D eigenvalue weighted by Crippen LogP contribution is -2.41. The maximum atomic E-state index is 11.9. The topological polar surface area (TPSA) is 80.3 Å². The van der Waals surface area contributed by atoms with E-state index in [0.29, 0.717) is 11.3 Å². The van der Waals surface area contributed by atoms with Gasteiger partial charge in [0.15, 0.2) is 0 Å². The van der Waals surface area contributed by atoms with Crippen LogP contribution in [0.2, 0.25) is 0 Å². The highest BCUT2D eigenvalue weighted by Crippen LogP contribution is 2.12. The van der Waals surface area contributed by atoms with Crippen LogP contribution in [0, 0.1) is 6.92 Å². The molecule has 0 atom stereocenters. The molecular weight excluding hydrogens is 278 g/mol. The fraction of sp³-hybridized carbons (Fsp3) is 0.154. The van der Waals surface area contributed by atoms with Gasteiger partial charge >= 0.3 is 0 Å². The van der Waals surface area contributed by atoms with Gasteiger partial charge in [0.2, 0.25) is 0 Å². The van der Waals surface area contributed by atoms with Crippen LogP contribution in [0.5, 0.6) is 5.75 Å². The molecule has 20 heavy (non-hydrogen) atoms. The van der Waals surface area contributed by atoms with Crippen LogP contribution in [-0.2, 0) is 0 Å². The number of nitrogens with zero attached hydrogens (tertiary/aromatic N) is 1. The highest BCUT2D eigenvalue weighted by atomic mass is 32.1. The summed E-state index contributed by atoms with van der Waals surface area (Å²) in [6.07, 6.45) is 0. The number of amides is 2. The van der Waals surface area contributed by atoms with E-state index in [2.05, 4.69) is 15.2 Å². The Morgan fingerprint density at radius 2 is 1.95 bits per heavy atom. The Bertz CT molecular complexity index is 639. The van der Waals surface area contributed by atoms with Gasteiger partial charge in [0.05, 0.1) is 7.11 Å². The third-order valence-corrected chi connectivity index (χ3v) is 3.18. The minimum atomic E-state index is -0.453. The van der Waals surface area contributed by atoms with Crippen molar-refractivity contribution in [3.8, 4) is 5.75 Å². The zero-order chi connectivity index (χ0) is 14.5. The zero-order valence-electron chi connectivity index (χ0n) is 11.0. The minimum absolute atomic E-state index is 0.276. The first-order chi connectivity index (χ1) is 9.60. The number of ether oxygens (including phenoxy) is 1. The largest absolute Gasteiger partial charge is 0.497 e. The van der Waals surface area contributed by atoms with Crippen LogP contribution < -0.4 is 15.6 Å². The molecule has 0 saturated carbocycles. The number of aromatic nitrogens is 1. The van der Waals surface area contributed by atoms with Gasteiger partial charge in [-0.1, -0.05) is 6.07 Å². The number of hydrogen-bond acceptors (Lipinski definition) is 5. The van der Waals surface area contributed by atoms with Crippen molar-refractivity contribution in [2.24, 2.45) is 0 Å². The molecule has 2 rings (SSSR count). The summed E-state index contributed by atoms with van der Waals surface area (Å²) >= 11 is 1.23. The SMILES string of the molecule is COc1cccc(C(=O)NNC(=O)c2cc(C)sn2)c1. The van der Waals surface area contributed by atoms with Crippen molar-refractivity contribution in [2.75, 3.05) is 7.11 Å². The highest BCUT2D eigenvalue weighted by molar-refractivity contribution is 7.05. The molecule has 0 radical (unpaired) electrons. The zero-order valence-corrected chi connectivity index (χ0v) is 11.8. The summed E-state index contributed by atoms with van der Waals surface area (Å²) in [5.74, 6) is -0.311. The van der Waals surface area contributed by atoms with Crippen molar-refractivity contribution in [3.63, 3.8) is 0 Å². The fourth-order valence-electron chi connectivity index (χ4n) is 1.49. The molecule has 7 heteroatoms. The summed E-state index contributed by atoms with van der Waals surface area (Å²) in [7, 11) is 1.52. The van der Waals surface area contributed by atoms with E-state index in [4.69, 9.17) is 4.74 Å². The summed E-state index contributed by atoms with van der Waals surface area (Å²) in [5, 5.41) is 0. The van der Waals surface area contributed by atoms with Crippen molar-refractivity contribution in [1.82, 2.24) is 15.2 Å². The first kappa shape index (κ1) is 14.0. The van der Waals surface area contributed by atoms with E-state index in [0.717, 1.165) is 4.88 Å². The van der Waals surface area contributed by atoms with E-state index in [-0.39, 0.29) is 5.69 Å². The molecule has 2 aromatic rings. The molecule has 1 aromatic heterocycles. The highest BCUT2D eigenvalue weighted by Gasteiger charge is 2.11. The second-order valence-corrected chi connectivity index (χ2v) is 4.97. The van der Waals surface area contributed by atoms with E-state index in [1.165, 1.54) is 18.6 Å². The van der Waals surface area contributed by atoms with E-state index in [1.54, 1.807) is 30.3 Å². The molecule has 2 amide bonds. The molecule has 104 valence electrons. The second kappa shape index (κ2) is 6.16. The van der Waals surface area contributed by atoms with Gasteiger partial charge in [-0.25, -0.2) is 0 Å². The number of rotatable bonds is 3. The van der Waals surface area contributed by atoms with Crippen LogP contribution >= 0.6 is 11.5 Å². The molecule has 0 aliphatic heterocycles. The summed E-state index contributed by atoms with van der Waals surface area (Å²) in [6.45, 7) is 1.85.